The maximum Gasteiger partial charge on any atom is 0.335 e. The Bertz CT molecular complexity index is 1340. The van der Waals surface area contributed by atoms with E-state index in [-0.39, 0.29) is 17.9 Å². The monoisotopic (exact) mass is 606 g/mol. The first-order chi connectivity index (χ1) is 16.8. The number of imide groups is 2. The second-order valence-corrected chi connectivity index (χ2v) is 8.98. The normalized spacial score (nSPS) is 14.8. The molecule has 178 valence electrons. The molecular weight excluding hydrogens is 590 g/mol. The van der Waals surface area contributed by atoms with Crippen molar-refractivity contribution in [3.8, 4) is 11.5 Å². The molecular formula is C25H17ClFIN2O5. The highest BCUT2D eigenvalue weighted by atomic mass is 127. The van der Waals surface area contributed by atoms with Gasteiger partial charge in [-0.15, -0.1) is 0 Å². The first-order valence-corrected chi connectivity index (χ1v) is 11.6. The van der Waals surface area contributed by atoms with Gasteiger partial charge in [-0.2, -0.15) is 0 Å². The van der Waals surface area contributed by atoms with Crippen molar-refractivity contribution in [3.63, 3.8) is 0 Å². The summed E-state index contributed by atoms with van der Waals surface area (Å²) < 4.78 is 25.4. The van der Waals surface area contributed by atoms with Crippen LogP contribution in [-0.4, -0.2) is 25.0 Å². The fourth-order valence-electron chi connectivity index (χ4n) is 3.35. The third kappa shape index (κ3) is 5.46. The summed E-state index contributed by atoms with van der Waals surface area (Å²) in [5.41, 5.74) is 1.26. The maximum atomic E-state index is 13.3. The van der Waals surface area contributed by atoms with Crippen LogP contribution >= 0.6 is 34.2 Å². The number of nitrogens with one attached hydrogen (secondary N) is 1. The molecule has 3 aromatic rings. The van der Waals surface area contributed by atoms with Crippen LogP contribution < -0.4 is 19.7 Å². The van der Waals surface area contributed by atoms with Crippen LogP contribution in [0.25, 0.3) is 6.08 Å². The zero-order chi connectivity index (χ0) is 25.1. The van der Waals surface area contributed by atoms with Gasteiger partial charge in [0.25, 0.3) is 11.8 Å². The quantitative estimate of drug-likeness (QED) is 0.233. The third-order valence-corrected chi connectivity index (χ3v) is 6.10. The maximum absolute atomic E-state index is 13.3. The Balaban J connectivity index is 1.63. The molecule has 35 heavy (non-hydrogen) atoms. The number of carbonyl (C=O) groups is 3. The van der Waals surface area contributed by atoms with Gasteiger partial charge >= 0.3 is 6.03 Å². The molecule has 1 aliphatic rings. The molecule has 0 bridgehead atoms. The topological polar surface area (TPSA) is 84.9 Å². The summed E-state index contributed by atoms with van der Waals surface area (Å²) in [5, 5.41) is 2.76. The average Bonchev–Trinajstić information content (AvgIpc) is 2.83. The number of urea groups is 1. The lowest BCUT2D eigenvalue weighted by molar-refractivity contribution is -0.122. The number of barbiturate groups is 1. The number of nitrogens with zero attached hydrogens (tertiary/aromatic N) is 1. The van der Waals surface area contributed by atoms with Crippen LogP contribution in [0.3, 0.4) is 0 Å². The lowest BCUT2D eigenvalue weighted by atomic mass is 10.1. The van der Waals surface area contributed by atoms with Crippen molar-refractivity contribution in [3.05, 3.63) is 91.8 Å². The van der Waals surface area contributed by atoms with Gasteiger partial charge in [-0.05, 0) is 88.3 Å². The van der Waals surface area contributed by atoms with E-state index in [0.717, 1.165) is 22.6 Å². The van der Waals surface area contributed by atoms with Crippen molar-refractivity contribution in [2.75, 3.05) is 12.0 Å². The third-order valence-electron chi connectivity index (χ3n) is 5.05. The van der Waals surface area contributed by atoms with Crippen molar-refractivity contribution in [2.45, 2.75) is 6.61 Å². The van der Waals surface area contributed by atoms with Gasteiger partial charge in [0.15, 0.2) is 11.5 Å². The number of anilines is 1. The molecule has 4 amide bonds. The minimum Gasteiger partial charge on any atom is -0.493 e. The Kier molecular flexibility index (Phi) is 7.37. The Hall–Kier alpha value is -3.44. The molecule has 1 N–H and O–H groups in total. The zero-order valence-electron chi connectivity index (χ0n) is 18.2. The number of hydrogen-bond acceptors (Lipinski definition) is 5. The molecule has 0 radical (unpaired) electrons. The number of methoxy groups -OCH3 is 1. The van der Waals surface area contributed by atoms with E-state index in [2.05, 4.69) is 27.9 Å². The predicted molar refractivity (Wildman–Crippen MR) is 137 cm³/mol. The molecule has 1 fully saturated rings. The number of halogens is 3. The molecule has 0 aliphatic carbocycles. The van der Waals surface area contributed by atoms with E-state index in [9.17, 15) is 18.8 Å². The molecule has 1 aliphatic heterocycles. The standard InChI is InChI=1S/C25H17ClFIN2O5/c1-34-21-12-15(11-20(28)22(21)35-13-14-2-4-16(26)5-3-14)10-19-23(31)29-25(33)30(24(19)32)18-8-6-17(27)7-9-18/h2-12H,13H2,1H3,(H,29,31,33)/b19-10-. The van der Waals surface area contributed by atoms with Gasteiger partial charge < -0.3 is 9.47 Å². The van der Waals surface area contributed by atoms with E-state index < -0.39 is 23.7 Å². The fourth-order valence-corrected chi connectivity index (χ4v) is 4.26. The molecule has 10 heteroatoms. The number of hydrogen-bond donors (Lipinski definition) is 1. The first kappa shape index (κ1) is 24.7. The summed E-state index contributed by atoms with van der Waals surface area (Å²) in [4.78, 5) is 38.6. The van der Waals surface area contributed by atoms with Gasteiger partial charge in [-0.25, -0.2) is 14.1 Å². The van der Waals surface area contributed by atoms with Crippen molar-refractivity contribution < 1.29 is 28.2 Å². The molecule has 1 saturated heterocycles. The lowest BCUT2D eigenvalue weighted by Gasteiger charge is -2.26. The number of benzene rings is 3. The van der Waals surface area contributed by atoms with Crippen LogP contribution in [0, 0.1) is 9.39 Å². The van der Waals surface area contributed by atoms with E-state index in [1.807, 2.05) is 12.1 Å². The molecule has 0 saturated carbocycles. The number of rotatable bonds is 6. The Morgan fingerprint density at radius 2 is 1.74 bits per heavy atom. The molecule has 4 rings (SSSR count). The summed E-state index contributed by atoms with van der Waals surface area (Å²) in [6, 6.07) is 14.4. The van der Waals surface area contributed by atoms with Gasteiger partial charge in [0.05, 0.1) is 16.4 Å². The van der Waals surface area contributed by atoms with E-state index in [1.165, 1.54) is 25.3 Å². The van der Waals surface area contributed by atoms with E-state index in [4.69, 9.17) is 21.1 Å². The summed E-state index contributed by atoms with van der Waals surface area (Å²) in [5.74, 6) is -1.30. The van der Waals surface area contributed by atoms with Crippen LogP contribution in [0.2, 0.25) is 5.02 Å². The second kappa shape index (κ2) is 10.4. The largest absolute Gasteiger partial charge is 0.493 e. The summed E-state index contributed by atoms with van der Waals surface area (Å²) >= 11 is 7.99. The fraction of sp³-hybridized carbons (Fsp3) is 0.0800. The molecule has 0 spiro atoms. The van der Waals surface area contributed by atoms with Gasteiger partial charge in [0, 0.05) is 5.02 Å². The van der Waals surface area contributed by atoms with Crippen molar-refractivity contribution in [1.29, 1.82) is 0 Å². The molecule has 7 nitrogen and oxygen atoms in total. The van der Waals surface area contributed by atoms with Crippen LogP contribution in [0.4, 0.5) is 14.9 Å². The molecule has 3 aromatic carbocycles. The highest BCUT2D eigenvalue weighted by molar-refractivity contribution is 14.1. The first-order valence-electron chi connectivity index (χ1n) is 10.2. The van der Waals surface area contributed by atoms with Gasteiger partial charge in [0.2, 0.25) is 0 Å². The van der Waals surface area contributed by atoms with Crippen molar-refractivity contribution in [1.82, 2.24) is 5.32 Å². The van der Waals surface area contributed by atoms with Crippen molar-refractivity contribution in [2.24, 2.45) is 0 Å². The van der Waals surface area contributed by atoms with E-state index in [0.29, 0.717) is 25.7 Å². The Morgan fingerprint density at radius 3 is 2.40 bits per heavy atom. The number of carbonyl (C=O) groups excluding carboxylic acids is 3. The number of ether oxygens (including phenoxy) is 2. The predicted octanol–water partition coefficient (Wildman–Crippen LogP) is 5.34. The minimum absolute atomic E-state index is 0.130. The highest BCUT2D eigenvalue weighted by Gasteiger charge is 2.36. The van der Waals surface area contributed by atoms with Crippen LogP contribution in [0.5, 0.6) is 11.5 Å². The summed E-state index contributed by atoms with van der Waals surface area (Å²) in [6.07, 6.45) is 1.36. The summed E-state index contributed by atoms with van der Waals surface area (Å²) in [6.45, 7) is 0.277. The SMILES string of the molecule is COc1cc(/C=C2/C(=O)NC(=O)N(c3ccc(F)cc3)C2=O)cc(I)c1OCc1ccc(Cl)cc1. The zero-order valence-corrected chi connectivity index (χ0v) is 21.1. The molecule has 0 aromatic heterocycles. The summed E-state index contributed by atoms with van der Waals surface area (Å²) in [7, 11) is 1.48. The van der Waals surface area contributed by atoms with Crippen LogP contribution in [0.1, 0.15) is 11.1 Å². The minimum atomic E-state index is -0.915. The Morgan fingerprint density at radius 1 is 1.06 bits per heavy atom. The van der Waals surface area contributed by atoms with Gasteiger partial charge in [-0.1, -0.05) is 23.7 Å². The Labute approximate surface area is 218 Å². The molecule has 0 atom stereocenters. The smallest absolute Gasteiger partial charge is 0.335 e. The lowest BCUT2D eigenvalue weighted by Crippen LogP contribution is -2.54. The average molecular weight is 607 g/mol. The van der Waals surface area contributed by atoms with Crippen molar-refractivity contribution >= 4 is 63.8 Å². The van der Waals surface area contributed by atoms with Crippen LogP contribution in [0.15, 0.2) is 66.2 Å². The second-order valence-electron chi connectivity index (χ2n) is 7.38. The molecule has 0 unspecified atom stereocenters. The molecule has 1 heterocycles. The number of amides is 4. The van der Waals surface area contributed by atoms with Gasteiger partial charge in [0.1, 0.15) is 18.0 Å². The highest BCUT2D eigenvalue weighted by Crippen LogP contribution is 2.35. The van der Waals surface area contributed by atoms with Crippen LogP contribution in [-0.2, 0) is 16.2 Å². The van der Waals surface area contributed by atoms with Gasteiger partial charge in [-0.3, -0.25) is 14.9 Å². The van der Waals surface area contributed by atoms with E-state index >= 15 is 0 Å². The van der Waals surface area contributed by atoms with E-state index in [1.54, 1.807) is 24.3 Å².